The normalized spacial score (nSPS) is 11.2. The van der Waals surface area contributed by atoms with Crippen molar-refractivity contribution in [1.82, 2.24) is 0 Å². The number of ether oxygens (including phenoxy) is 1. The molecule has 0 aliphatic heterocycles. The molecular weight excluding hydrogens is 188 g/mol. The Balaban J connectivity index is 2.77. The van der Waals surface area contributed by atoms with E-state index in [2.05, 4.69) is 20.8 Å². The first kappa shape index (κ1) is 11.8. The lowest BCUT2D eigenvalue weighted by Gasteiger charge is -2.18. The van der Waals surface area contributed by atoms with Crippen LogP contribution in [0.5, 0.6) is 5.75 Å². The lowest BCUT2D eigenvalue weighted by molar-refractivity contribution is -0.134. The maximum Gasteiger partial charge on any atom is 0.310 e. The molecule has 1 aromatic carbocycles. The minimum atomic E-state index is -0.196. The lowest BCUT2D eigenvalue weighted by atomic mass is 9.87. The van der Waals surface area contributed by atoms with Gasteiger partial charge in [-0.15, -0.1) is 0 Å². The predicted octanol–water partition coefficient (Wildman–Crippen LogP) is 3.30. The van der Waals surface area contributed by atoms with E-state index in [1.807, 2.05) is 24.3 Å². The molecule has 0 aliphatic rings. The van der Waals surface area contributed by atoms with Gasteiger partial charge in [0.05, 0.1) is 0 Å². The van der Waals surface area contributed by atoms with Gasteiger partial charge in [0, 0.05) is 6.42 Å². The highest BCUT2D eigenvalue weighted by molar-refractivity contribution is 5.71. The Bertz CT molecular complexity index is 331. The van der Waals surface area contributed by atoms with Crippen LogP contribution in [-0.4, -0.2) is 5.97 Å². The molecule has 0 saturated heterocycles. The zero-order valence-corrected chi connectivity index (χ0v) is 9.83. The molecule has 0 bridgehead atoms. The zero-order chi connectivity index (χ0) is 11.5. The SMILES string of the molecule is CCC(=O)Oc1ccc(C(C)(C)C)cc1. The van der Waals surface area contributed by atoms with Crippen LogP contribution >= 0.6 is 0 Å². The van der Waals surface area contributed by atoms with Gasteiger partial charge in [-0.3, -0.25) is 4.79 Å². The van der Waals surface area contributed by atoms with Crippen molar-refractivity contribution in [3.8, 4) is 5.75 Å². The van der Waals surface area contributed by atoms with Gasteiger partial charge in [-0.05, 0) is 23.1 Å². The molecule has 0 unspecified atom stereocenters. The Labute approximate surface area is 91.3 Å². The summed E-state index contributed by atoms with van der Waals surface area (Å²) in [6, 6.07) is 7.68. The standard InChI is InChI=1S/C13H18O2/c1-5-12(14)15-11-8-6-10(7-9-11)13(2,3)4/h6-9H,5H2,1-4H3. The molecular formula is C13H18O2. The van der Waals surface area contributed by atoms with Crippen LogP contribution in [0.25, 0.3) is 0 Å². The number of hydrogen-bond donors (Lipinski definition) is 0. The van der Waals surface area contributed by atoms with Crippen molar-refractivity contribution >= 4 is 5.97 Å². The Morgan fingerprint density at radius 2 is 1.73 bits per heavy atom. The summed E-state index contributed by atoms with van der Waals surface area (Å²) in [4.78, 5) is 11.0. The van der Waals surface area contributed by atoms with E-state index in [0.29, 0.717) is 12.2 Å². The predicted molar refractivity (Wildman–Crippen MR) is 61.1 cm³/mol. The van der Waals surface area contributed by atoms with E-state index < -0.39 is 0 Å². The quantitative estimate of drug-likeness (QED) is 0.548. The van der Waals surface area contributed by atoms with Crippen LogP contribution in [0.2, 0.25) is 0 Å². The van der Waals surface area contributed by atoms with Gasteiger partial charge < -0.3 is 4.74 Å². The third kappa shape index (κ3) is 3.39. The summed E-state index contributed by atoms with van der Waals surface area (Å²) in [6.45, 7) is 8.24. The fraction of sp³-hybridized carbons (Fsp3) is 0.462. The first-order chi connectivity index (χ1) is 6.93. The minimum Gasteiger partial charge on any atom is -0.427 e. The molecule has 0 heterocycles. The highest BCUT2D eigenvalue weighted by Crippen LogP contribution is 2.24. The molecule has 0 atom stereocenters. The third-order valence-corrected chi connectivity index (χ3v) is 2.24. The number of esters is 1. The number of hydrogen-bond acceptors (Lipinski definition) is 2. The topological polar surface area (TPSA) is 26.3 Å². The largest absolute Gasteiger partial charge is 0.427 e. The number of rotatable bonds is 2. The molecule has 0 fully saturated rings. The smallest absolute Gasteiger partial charge is 0.310 e. The average Bonchev–Trinajstić information content (AvgIpc) is 2.17. The lowest BCUT2D eigenvalue weighted by Crippen LogP contribution is -2.11. The van der Waals surface area contributed by atoms with Gasteiger partial charge in [-0.1, -0.05) is 39.8 Å². The summed E-state index contributed by atoms with van der Waals surface area (Å²) in [5.74, 6) is 0.424. The summed E-state index contributed by atoms with van der Waals surface area (Å²) in [5, 5.41) is 0. The van der Waals surface area contributed by atoms with Gasteiger partial charge >= 0.3 is 5.97 Å². The van der Waals surface area contributed by atoms with Gasteiger partial charge in [0.2, 0.25) is 0 Å². The molecule has 0 N–H and O–H groups in total. The average molecular weight is 206 g/mol. The maximum absolute atomic E-state index is 11.0. The van der Waals surface area contributed by atoms with E-state index in [4.69, 9.17) is 4.74 Å². The van der Waals surface area contributed by atoms with E-state index in [1.165, 1.54) is 5.56 Å². The fourth-order valence-corrected chi connectivity index (χ4v) is 1.23. The van der Waals surface area contributed by atoms with Crippen LogP contribution in [-0.2, 0) is 10.2 Å². The van der Waals surface area contributed by atoms with E-state index in [1.54, 1.807) is 6.92 Å². The number of carbonyl (C=O) groups excluding carboxylic acids is 1. The van der Waals surface area contributed by atoms with Gasteiger partial charge in [-0.25, -0.2) is 0 Å². The molecule has 1 aromatic rings. The van der Waals surface area contributed by atoms with Crippen LogP contribution in [0.15, 0.2) is 24.3 Å². The highest BCUT2D eigenvalue weighted by atomic mass is 16.5. The highest BCUT2D eigenvalue weighted by Gasteiger charge is 2.13. The summed E-state index contributed by atoms with van der Waals surface area (Å²) >= 11 is 0. The van der Waals surface area contributed by atoms with Crippen LogP contribution in [0, 0.1) is 0 Å². The van der Waals surface area contributed by atoms with Crippen LogP contribution < -0.4 is 4.74 Å². The second-order valence-electron chi connectivity index (χ2n) is 4.60. The zero-order valence-electron chi connectivity index (χ0n) is 9.83. The van der Waals surface area contributed by atoms with Crippen molar-refractivity contribution in [2.24, 2.45) is 0 Å². The number of carbonyl (C=O) groups is 1. The molecule has 0 amide bonds. The van der Waals surface area contributed by atoms with Crippen LogP contribution in [0.4, 0.5) is 0 Å². The van der Waals surface area contributed by atoms with Gasteiger partial charge in [0.15, 0.2) is 0 Å². The van der Waals surface area contributed by atoms with Gasteiger partial charge in [0.25, 0.3) is 0 Å². The summed E-state index contributed by atoms with van der Waals surface area (Å²) < 4.78 is 5.09. The van der Waals surface area contributed by atoms with Gasteiger partial charge in [0.1, 0.15) is 5.75 Å². The Morgan fingerprint density at radius 1 is 1.20 bits per heavy atom. The van der Waals surface area contributed by atoms with Crippen molar-refractivity contribution < 1.29 is 9.53 Å². The summed E-state index contributed by atoms with van der Waals surface area (Å²) in [7, 11) is 0. The molecule has 0 aromatic heterocycles. The first-order valence-electron chi connectivity index (χ1n) is 5.24. The molecule has 2 nitrogen and oxygen atoms in total. The monoisotopic (exact) mass is 206 g/mol. The van der Waals surface area contributed by atoms with Gasteiger partial charge in [-0.2, -0.15) is 0 Å². The second kappa shape index (κ2) is 4.47. The van der Waals surface area contributed by atoms with Crippen molar-refractivity contribution in [3.63, 3.8) is 0 Å². The molecule has 1 rings (SSSR count). The van der Waals surface area contributed by atoms with Crippen molar-refractivity contribution in [1.29, 1.82) is 0 Å². The molecule has 0 saturated carbocycles. The van der Waals surface area contributed by atoms with Crippen molar-refractivity contribution in [3.05, 3.63) is 29.8 Å². The Morgan fingerprint density at radius 3 is 2.13 bits per heavy atom. The molecule has 15 heavy (non-hydrogen) atoms. The van der Waals surface area contributed by atoms with E-state index in [0.717, 1.165) is 0 Å². The third-order valence-electron chi connectivity index (χ3n) is 2.24. The Hall–Kier alpha value is -1.31. The summed E-state index contributed by atoms with van der Waals surface area (Å²) in [6.07, 6.45) is 0.404. The maximum atomic E-state index is 11.0. The minimum absolute atomic E-state index is 0.132. The van der Waals surface area contributed by atoms with E-state index >= 15 is 0 Å². The summed E-state index contributed by atoms with van der Waals surface area (Å²) in [5.41, 5.74) is 1.37. The Kier molecular flexibility index (Phi) is 3.51. The van der Waals surface area contributed by atoms with E-state index in [-0.39, 0.29) is 11.4 Å². The van der Waals surface area contributed by atoms with Crippen LogP contribution in [0.1, 0.15) is 39.7 Å². The van der Waals surface area contributed by atoms with Crippen molar-refractivity contribution in [2.45, 2.75) is 39.5 Å². The van der Waals surface area contributed by atoms with E-state index in [9.17, 15) is 4.79 Å². The van der Waals surface area contributed by atoms with Crippen molar-refractivity contribution in [2.75, 3.05) is 0 Å². The number of benzene rings is 1. The molecule has 0 aliphatic carbocycles. The first-order valence-corrected chi connectivity index (χ1v) is 5.24. The fourth-order valence-electron chi connectivity index (χ4n) is 1.23. The molecule has 82 valence electrons. The second-order valence-corrected chi connectivity index (χ2v) is 4.60. The molecule has 0 spiro atoms. The molecule has 0 radical (unpaired) electrons. The van der Waals surface area contributed by atoms with Crippen LogP contribution in [0.3, 0.4) is 0 Å². The molecule has 2 heteroatoms.